The van der Waals surface area contributed by atoms with Gasteiger partial charge in [0.2, 0.25) is 0 Å². The van der Waals surface area contributed by atoms with Gasteiger partial charge in [-0.25, -0.2) is 0 Å². The second-order valence-electron chi connectivity index (χ2n) is 4.39. The lowest BCUT2D eigenvalue weighted by atomic mass is 10.1. The van der Waals surface area contributed by atoms with E-state index in [-0.39, 0.29) is 0 Å². The number of carbonyl (C=O) groups excluding carboxylic acids is 1. The molecule has 1 heterocycles. The fourth-order valence-electron chi connectivity index (χ4n) is 1.88. The van der Waals surface area contributed by atoms with E-state index in [1.54, 1.807) is 13.3 Å². The van der Waals surface area contributed by atoms with Gasteiger partial charge in [-0.15, -0.1) is 0 Å². The lowest BCUT2D eigenvalue weighted by Crippen LogP contribution is -2.07. The summed E-state index contributed by atoms with van der Waals surface area (Å²) < 4.78 is 15.1. The monoisotopic (exact) mass is 309 g/mol. The molecule has 5 nitrogen and oxygen atoms in total. The number of ether oxygens (including phenoxy) is 3. The molecular weight excluding hydrogens is 294 g/mol. The van der Waals surface area contributed by atoms with Gasteiger partial charge in [-0.3, -0.25) is 9.78 Å². The largest absolute Gasteiger partial charge is 0.491 e. The van der Waals surface area contributed by atoms with Crippen molar-refractivity contribution in [3.8, 4) is 5.75 Å². The van der Waals surface area contributed by atoms with Crippen LogP contribution in [-0.2, 0) is 20.7 Å². The van der Waals surface area contributed by atoms with E-state index in [0.717, 1.165) is 22.2 Å². The Morgan fingerprint density at radius 3 is 2.95 bits per heavy atom. The molecule has 0 saturated heterocycles. The van der Waals surface area contributed by atoms with E-state index in [9.17, 15) is 4.79 Å². The van der Waals surface area contributed by atoms with Gasteiger partial charge in [0, 0.05) is 31.2 Å². The Morgan fingerprint density at radius 2 is 2.19 bits per heavy atom. The summed E-state index contributed by atoms with van der Waals surface area (Å²) in [6.07, 6.45) is 2.13. The minimum absolute atomic E-state index is 0.343. The third kappa shape index (κ3) is 4.58. The lowest BCUT2D eigenvalue weighted by molar-refractivity contribution is -0.130. The van der Waals surface area contributed by atoms with Crippen molar-refractivity contribution in [2.45, 2.75) is 12.0 Å². The standard InChI is InChI=1S/C15H16ClNO4/c1-19-4-5-20-13-3-2-12-6-11(7-15(16)21-10-18)9-17-14(12)8-13/h2-3,6,8-10,15H,4-5,7H2,1H3. The van der Waals surface area contributed by atoms with E-state index in [1.807, 2.05) is 24.3 Å². The Balaban J connectivity index is 2.09. The molecule has 2 rings (SSSR count). The van der Waals surface area contributed by atoms with E-state index in [0.29, 0.717) is 26.1 Å². The molecule has 0 N–H and O–H groups in total. The summed E-state index contributed by atoms with van der Waals surface area (Å²) in [4.78, 5) is 14.6. The molecule has 1 aromatic carbocycles. The number of hydrogen-bond donors (Lipinski definition) is 0. The fraction of sp³-hybridized carbons (Fsp3) is 0.333. The number of halogens is 1. The number of aromatic nitrogens is 1. The van der Waals surface area contributed by atoms with E-state index in [1.165, 1.54) is 0 Å². The topological polar surface area (TPSA) is 57.7 Å². The molecule has 112 valence electrons. The summed E-state index contributed by atoms with van der Waals surface area (Å²) in [5.74, 6) is 0.749. The zero-order valence-corrected chi connectivity index (χ0v) is 12.4. The number of pyridine rings is 1. The Bertz CT molecular complexity index is 605. The third-order valence-electron chi connectivity index (χ3n) is 2.87. The fourth-order valence-corrected chi connectivity index (χ4v) is 2.10. The summed E-state index contributed by atoms with van der Waals surface area (Å²) >= 11 is 5.85. The van der Waals surface area contributed by atoms with Gasteiger partial charge in [0.25, 0.3) is 6.47 Å². The molecule has 0 aliphatic rings. The van der Waals surface area contributed by atoms with Crippen LogP contribution in [0.5, 0.6) is 5.75 Å². The molecule has 0 aliphatic carbocycles. The van der Waals surface area contributed by atoms with Crippen LogP contribution in [0.15, 0.2) is 30.5 Å². The summed E-state index contributed by atoms with van der Waals surface area (Å²) in [6.45, 7) is 1.38. The van der Waals surface area contributed by atoms with Gasteiger partial charge in [0.05, 0.1) is 12.1 Å². The number of nitrogens with zero attached hydrogens (tertiary/aromatic N) is 1. The highest BCUT2D eigenvalue weighted by Crippen LogP contribution is 2.21. The van der Waals surface area contributed by atoms with Crippen molar-refractivity contribution in [1.29, 1.82) is 0 Å². The van der Waals surface area contributed by atoms with Gasteiger partial charge in [-0.2, -0.15) is 0 Å². The second-order valence-corrected chi connectivity index (χ2v) is 4.87. The molecule has 0 fully saturated rings. The highest BCUT2D eigenvalue weighted by atomic mass is 35.5. The molecule has 0 bridgehead atoms. The van der Waals surface area contributed by atoms with Gasteiger partial charge < -0.3 is 14.2 Å². The highest BCUT2D eigenvalue weighted by Gasteiger charge is 2.07. The van der Waals surface area contributed by atoms with Gasteiger partial charge >= 0.3 is 0 Å². The van der Waals surface area contributed by atoms with Crippen molar-refractivity contribution in [2.75, 3.05) is 20.3 Å². The number of hydrogen-bond acceptors (Lipinski definition) is 5. The van der Waals surface area contributed by atoms with Crippen molar-refractivity contribution in [3.05, 3.63) is 36.0 Å². The predicted molar refractivity (Wildman–Crippen MR) is 79.6 cm³/mol. The minimum Gasteiger partial charge on any atom is -0.491 e. The van der Waals surface area contributed by atoms with Crippen LogP contribution in [-0.4, -0.2) is 37.3 Å². The van der Waals surface area contributed by atoms with Crippen molar-refractivity contribution in [3.63, 3.8) is 0 Å². The number of alkyl halides is 1. The van der Waals surface area contributed by atoms with Crippen LogP contribution >= 0.6 is 11.6 Å². The average molecular weight is 310 g/mol. The van der Waals surface area contributed by atoms with Crippen LogP contribution < -0.4 is 4.74 Å². The molecule has 0 aliphatic heterocycles. The van der Waals surface area contributed by atoms with E-state index in [2.05, 4.69) is 9.72 Å². The van der Waals surface area contributed by atoms with E-state index >= 15 is 0 Å². The van der Waals surface area contributed by atoms with Crippen LogP contribution in [0, 0.1) is 0 Å². The molecular formula is C15H16ClNO4. The van der Waals surface area contributed by atoms with Crippen LogP contribution in [0.1, 0.15) is 5.56 Å². The maximum absolute atomic E-state index is 10.2. The van der Waals surface area contributed by atoms with Crippen molar-refractivity contribution >= 4 is 29.0 Å². The van der Waals surface area contributed by atoms with Crippen molar-refractivity contribution in [2.24, 2.45) is 0 Å². The molecule has 1 atom stereocenters. The Morgan fingerprint density at radius 1 is 1.33 bits per heavy atom. The van der Waals surface area contributed by atoms with Crippen LogP contribution in [0.25, 0.3) is 10.9 Å². The van der Waals surface area contributed by atoms with Gasteiger partial charge in [-0.1, -0.05) is 11.6 Å². The minimum atomic E-state index is -0.682. The molecule has 0 saturated carbocycles. The summed E-state index contributed by atoms with van der Waals surface area (Å²) in [5, 5.41) is 0.974. The third-order valence-corrected chi connectivity index (χ3v) is 3.13. The number of fused-ring (bicyclic) bond motifs is 1. The number of benzene rings is 1. The first kappa shape index (κ1) is 15.5. The predicted octanol–water partition coefficient (Wildman–Crippen LogP) is 2.54. The van der Waals surface area contributed by atoms with Gasteiger partial charge in [0.15, 0.2) is 5.56 Å². The maximum atomic E-state index is 10.2. The molecule has 1 aromatic heterocycles. The normalized spacial score (nSPS) is 12.1. The van der Waals surface area contributed by atoms with Crippen molar-refractivity contribution in [1.82, 2.24) is 4.98 Å². The highest BCUT2D eigenvalue weighted by molar-refractivity contribution is 6.20. The van der Waals surface area contributed by atoms with Crippen LogP contribution in [0.2, 0.25) is 0 Å². The maximum Gasteiger partial charge on any atom is 0.294 e. The second kappa shape index (κ2) is 7.81. The van der Waals surface area contributed by atoms with Crippen LogP contribution in [0.4, 0.5) is 0 Å². The first-order valence-electron chi connectivity index (χ1n) is 6.46. The molecule has 0 spiro atoms. The molecule has 21 heavy (non-hydrogen) atoms. The number of carbonyl (C=O) groups is 1. The molecule has 1 unspecified atom stereocenters. The quantitative estimate of drug-likeness (QED) is 0.426. The molecule has 6 heteroatoms. The smallest absolute Gasteiger partial charge is 0.294 e. The summed E-state index contributed by atoms with van der Waals surface area (Å²) in [6, 6.07) is 7.64. The number of methoxy groups -OCH3 is 1. The Labute approximate surface area is 127 Å². The van der Waals surface area contributed by atoms with E-state index < -0.39 is 5.56 Å². The van der Waals surface area contributed by atoms with E-state index in [4.69, 9.17) is 21.1 Å². The van der Waals surface area contributed by atoms with Crippen molar-refractivity contribution < 1.29 is 19.0 Å². The molecule has 2 aromatic rings. The SMILES string of the molecule is COCCOc1ccc2cc(CC(Cl)OC=O)cnc2c1. The molecule has 0 amide bonds. The lowest BCUT2D eigenvalue weighted by Gasteiger charge is -2.09. The van der Waals surface area contributed by atoms with Gasteiger partial charge in [-0.05, 0) is 23.8 Å². The first-order chi connectivity index (χ1) is 10.2. The zero-order chi connectivity index (χ0) is 15.1. The summed E-state index contributed by atoms with van der Waals surface area (Å²) in [7, 11) is 1.63. The van der Waals surface area contributed by atoms with Gasteiger partial charge in [0.1, 0.15) is 12.4 Å². The Kier molecular flexibility index (Phi) is 5.78. The van der Waals surface area contributed by atoms with Crippen LogP contribution in [0.3, 0.4) is 0 Å². The molecule has 0 radical (unpaired) electrons. The summed E-state index contributed by atoms with van der Waals surface area (Å²) in [5.41, 5.74) is 1.05. The average Bonchev–Trinajstić information content (AvgIpc) is 2.48. The number of rotatable bonds is 8. The Hall–Kier alpha value is -1.85. The zero-order valence-electron chi connectivity index (χ0n) is 11.6. The first-order valence-corrected chi connectivity index (χ1v) is 6.90.